The molecule has 0 aliphatic carbocycles. The van der Waals surface area contributed by atoms with Crippen molar-refractivity contribution in [2.75, 3.05) is 21.2 Å². The Balaban J connectivity index is 0. The Hall–Kier alpha value is -1.59. The molecular weight excluding hydrogens is 190 g/mol. The normalized spacial score (nSPS) is 7.93. The maximum atomic E-state index is 10.2. The van der Waals surface area contributed by atoms with Crippen molar-refractivity contribution < 1.29 is 24.2 Å². The van der Waals surface area contributed by atoms with Gasteiger partial charge in [-0.1, -0.05) is 0 Å². The first-order valence-electron chi connectivity index (χ1n) is 3.84. The highest BCUT2D eigenvalue weighted by atomic mass is 16.5. The Morgan fingerprint density at radius 2 is 1.79 bits per heavy atom. The Kier molecular flexibility index (Phi) is 10.1. The number of methoxy groups -OCH3 is 1. The second kappa shape index (κ2) is 9.50. The summed E-state index contributed by atoms with van der Waals surface area (Å²) >= 11 is 0. The second-order valence-corrected chi connectivity index (χ2v) is 2.54. The number of carbonyl (C=O) groups is 3. The lowest BCUT2D eigenvalue weighted by molar-refractivity contribution is -0.145. The molecule has 0 saturated carbocycles. The summed E-state index contributed by atoms with van der Waals surface area (Å²) in [4.78, 5) is 30.9. The van der Waals surface area contributed by atoms with Crippen LogP contribution in [0.4, 0.5) is 0 Å². The van der Waals surface area contributed by atoms with Gasteiger partial charge in [0.25, 0.3) is 0 Å². The third-order valence-corrected chi connectivity index (χ3v) is 0.981. The lowest BCUT2D eigenvalue weighted by Crippen LogP contribution is -2.06. The molecular formula is C8H15NO5. The molecule has 6 nitrogen and oxygen atoms in total. The Morgan fingerprint density at radius 1 is 1.36 bits per heavy atom. The summed E-state index contributed by atoms with van der Waals surface area (Å²) in [5.41, 5.74) is 0. The van der Waals surface area contributed by atoms with Gasteiger partial charge in [-0.25, -0.2) is 0 Å². The molecule has 0 aromatic heterocycles. The van der Waals surface area contributed by atoms with Crippen LogP contribution in [0.3, 0.4) is 0 Å². The minimum atomic E-state index is -0.986. The summed E-state index contributed by atoms with van der Waals surface area (Å²) in [6, 6.07) is 0. The summed E-state index contributed by atoms with van der Waals surface area (Å²) in [6.45, 7) is 0. The SMILES string of the molecule is CN(C)C=O.COC(=O)CCC(=O)O. The smallest absolute Gasteiger partial charge is 0.306 e. The molecule has 14 heavy (non-hydrogen) atoms. The van der Waals surface area contributed by atoms with E-state index in [1.807, 2.05) is 0 Å². The summed E-state index contributed by atoms with van der Waals surface area (Å²) < 4.78 is 4.20. The van der Waals surface area contributed by atoms with Gasteiger partial charge >= 0.3 is 11.9 Å². The molecule has 0 atom stereocenters. The van der Waals surface area contributed by atoms with E-state index in [-0.39, 0.29) is 12.8 Å². The van der Waals surface area contributed by atoms with E-state index >= 15 is 0 Å². The number of aliphatic carboxylic acids is 1. The van der Waals surface area contributed by atoms with E-state index in [9.17, 15) is 14.4 Å². The van der Waals surface area contributed by atoms with Gasteiger partial charge in [-0.3, -0.25) is 14.4 Å². The van der Waals surface area contributed by atoms with Crippen molar-refractivity contribution in [1.29, 1.82) is 0 Å². The van der Waals surface area contributed by atoms with E-state index in [2.05, 4.69) is 4.74 Å². The zero-order chi connectivity index (χ0) is 11.6. The molecule has 1 amide bonds. The minimum Gasteiger partial charge on any atom is -0.481 e. The summed E-state index contributed by atoms with van der Waals surface area (Å²) in [5, 5.41) is 8.05. The van der Waals surface area contributed by atoms with Gasteiger partial charge in [-0.05, 0) is 0 Å². The average Bonchev–Trinajstić information content (AvgIpc) is 2.14. The molecule has 0 fully saturated rings. The van der Waals surface area contributed by atoms with Crippen molar-refractivity contribution >= 4 is 18.3 Å². The number of amides is 1. The predicted octanol–water partition coefficient (Wildman–Crippen LogP) is -0.271. The molecule has 0 aliphatic heterocycles. The number of hydrogen-bond donors (Lipinski definition) is 1. The topological polar surface area (TPSA) is 83.9 Å². The first kappa shape index (κ1) is 14.9. The molecule has 0 unspecified atom stereocenters. The van der Waals surface area contributed by atoms with Crippen molar-refractivity contribution in [3.05, 3.63) is 0 Å². The number of ether oxygens (including phenoxy) is 1. The highest BCUT2D eigenvalue weighted by Crippen LogP contribution is 1.89. The number of carbonyl (C=O) groups excluding carboxylic acids is 2. The van der Waals surface area contributed by atoms with E-state index in [1.54, 1.807) is 14.1 Å². The van der Waals surface area contributed by atoms with Crippen molar-refractivity contribution in [1.82, 2.24) is 4.90 Å². The van der Waals surface area contributed by atoms with Gasteiger partial charge in [0.1, 0.15) is 0 Å². The largest absolute Gasteiger partial charge is 0.481 e. The number of esters is 1. The predicted molar refractivity (Wildman–Crippen MR) is 48.6 cm³/mol. The second-order valence-electron chi connectivity index (χ2n) is 2.54. The molecule has 6 heteroatoms. The summed E-state index contributed by atoms with van der Waals surface area (Å²) in [7, 11) is 4.60. The van der Waals surface area contributed by atoms with Gasteiger partial charge in [0.05, 0.1) is 20.0 Å². The van der Waals surface area contributed by atoms with Crippen LogP contribution in [0, 0.1) is 0 Å². The van der Waals surface area contributed by atoms with E-state index in [0.717, 1.165) is 6.41 Å². The molecule has 0 radical (unpaired) electrons. The number of hydrogen-bond acceptors (Lipinski definition) is 4. The monoisotopic (exact) mass is 205 g/mol. The molecule has 0 heterocycles. The molecule has 0 aromatic rings. The van der Waals surface area contributed by atoms with Crippen LogP contribution in [-0.4, -0.2) is 49.6 Å². The van der Waals surface area contributed by atoms with Gasteiger partial charge in [0.2, 0.25) is 6.41 Å². The Labute approximate surface area is 82.5 Å². The lowest BCUT2D eigenvalue weighted by Gasteiger charge is -1.93. The van der Waals surface area contributed by atoms with Crippen molar-refractivity contribution in [2.45, 2.75) is 12.8 Å². The third kappa shape index (κ3) is 16.8. The average molecular weight is 205 g/mol. The molecule has 0 bridgehead atoms. The quantitative estimate of drug-likeness (QED) is 0.504. The molecule has 82 valence electrons. The number of rotatable bonds is 4. The fraction of sp³-hybridized carbons (Fsp3) is 0.625. The molecule has 0 rings (SSSR count). The zero-order valence-corrected chi connectivity index (χ0v) is 8.52. The zero-order valence-electron chi connectivity index (χ0n) is 8.52. The first-order chi connectivity index (χ1) is 6.43. The van der Waals surface area contributed by atoms with Gasteiger partial charge in [-0.2, -0.15) is 0 Å². The first-order valence-corrected chi connectivity index (χ1v) is 3.84. The lowest BCUT2D eigenvalue weighted by atomic mass is 10.3. The highest BCUT2D eigenvalue weighted by Gasteiger charge is 2.02. The van der Waals surface area contributed by atoms with Crippen molar-refractivity contribution in [3.63, 3.8) is 0 Å². The van der Waals surface area contributed by atoms with Gasteiger partial charge in [0, 0.05) is 14.1 Å². The molecule has 0 saturated heterocycles. The molecule has 1 N–H and O–H groups in total. The third-order valence-electron chi connectivity index (χ3n) is 0.981. The van der Waals surface area contributed by atoms with Crippen LogP contribution in [0.25, 0.3) is 0 Å². The maximum Gasteiger partial charge on any atom is 0.306 e. The maximum absolute atomic E-state index is 10.2. The summed E-state index contributed by atoms with van der Waals surface area (Å²) in [5.74, 6) is -1.47. The molecule has 0 aliphatic rings. The Morgan fingerprint density at radius 3 is 2.00 bits per heavy atom. The Bertz CT molecular complexity index is 190. The van der Waals surface area contributed by atoms with Crippen LogP contribution in [0.15, 0.2) is 0 Å². The molecule has 0 spiro atoms. The fourth-order valence-electron chi connectivity index (χ4n) is 0.311. The van der Waals surface area contributed by atoms with Crippen molar-refractivity contribution in [3.8, 4) is 0 Å². The van der Waals surface area contributed by atoms with E-state index in [4.69, 9.17) is 5.11 Å². The van der Waals surface area contributed by atoms with Gasteiger partial charge in [0.15, 0.2) is 0 Å². The van der Waals surface area contributed by atoms with Crippen LogP contribution >= 0.6 is 0 Å². The van der Waals surface area contributed by atoms with E-state index < -0.39 is 11.9 Å². The minimum absolute atomic E-state index is 0.0498. The van der Waals surface area contributed by atoms with Crippen LogP contribution in [0.5, 0.6) is 0 Å². The van der Waals surface area contributed by atoms with Gasteiger partial charge < -0.3 is 14.7 Å². The van der Waals surface area contributed by atoms with Crippen molar-refractivity contribution in [2.24, 2.45) is 0 Å². The standard InChI is InChI=1S/C5H8O4.C3H7NO/c1-9-5(8)3-2-4(6)7;1-4(2)3-5/h2-3H2,1H3,(H,6,7);3H,1-2H3. The van der Waals surface area contributed by atoms with Crippen LogP contribution in [0.2, 0.25) is 0 Å². The van der Waals surface area contributed by atoms with E-state index in [0.29, 0.717) is 0 Å². The van der Waals surface area contributed by atoms with E-state index in [1.165, 1.54) is 12.0 Å². The van der Waals surface area contributed by atoms with Gasteiger partial charge in [-0.15, -0.1) is 0 Å². The van der Waals surface area contributed by atoms with Crippen LogP contribution in [-0.2, 0) is 19.1 Å². The summed E-state index contributed by atoms with van der Waals surface area (Å²) in [6.07, 6.45) is 0.540. The number of carboxylic acid groups (broad SMARTS) is 1. The van der Waals surface area contributed by atoms with Crippen LogP contribution in [0.1, 0.15) is 12.8 Å². The molecule has 0 aromatic carbocycles. The number of nitrogens with zero attached hydrogens (tertiary/aromatic N) is 1. The van der Waals surface area contributed by atoms with Crippen LogP contribution < -0.4 is 0 Å². The highest BCUT2D eigenvalue weighted by molar-refractivity contribution is 5.76. The fourth-order valence-corrected chi connectivity index (χ4v) is 0.311. The number of carboxylic acids is 1.